The molecule has 1 aromatic rings. The molecule has 0 saturated heterocycles. The van der Waals surface area contributed by atoms with Crippen molar-refractivity contribution >= 4 is 11.9 Å². The number of hydrogen-bond acceptors (Lipinski definition) is 5. The van der Waals surface area contributed by atoms with E-state index in [9.17, 15) is 22.8 Å². The Kier molecular flexibility index (Phi) is 6.22. The third-order valence-electron chi connectivity index (χ3n) is 3.71. The van der Waals surface area contributed by atoms with Crippen LogP contribution in [0.1, 0.15) is 43.0 Å². The minimum atomic E-state index is -4.47. The van der Waals surface area contributed by atoms with Gasteiger partial charge in [0.2, 0.25) is 5.88 Å². The molecule has 2 rings (SSSR count). The number of carbonyl (C=O) groups is 2. The van der Waals surface area contributed by atoms with Crippen LogP contribution in [0.3, 0.4) is 0 Å². The summed E-state index contributed by atoms with van der Waals surface area (Å²) in [5.41, 5.74) is 0.0138. The van der Waals surface area contributed by atoms with Gasteiger partial charge in [-0.15, -0.1) is 0 Å². The van der Waals surface area contributed by atoms with Crippen LogP contribution in [0, 0.1) is 0 Å². The smallest absolute Gasteiger partial charge is 0.422 e. The maximum absolute atomic E-state index is 12.0. The third-order valence-corrected chi connectivity index (χ3v) is 3.71. The van der Waals surface area contributed by atoms with Gasteiger partial charge in [-0.3, -0.25) is 4.79 Å². The van der Waals surface area contributed by atoms with E-state index in [-0.39, 0.29) is 23.4 Å². The second-order valence-corrected chi connectivity index (χ2v) is 5.83. The molecule has 0 aliphatic heterocycles. The molecule has 0 radical (unpaired) electrons. The van der Waals surface area contributed by atoms with Gasteiger partial charge in [0.15, 0.2) is 12.7 Å². The van der Waals surface area contributed by atoms with E-state index >= 15 is 0 Å². The average molecular weight is 360 g/mol. The highest BCUT2D eigenvalue weighted by molar-refractivity contribution is 5.92. The SMILES string of the molecule is CC(OC(=O)c1ccc(OCC(F)(F)F)nc1)C(=O)NC1CCCC1. The monoisotopic (exact) mass is 360 g/mol. The van der Waals surface area contributed by atoms with Crippen molar-refractivity contribution in [1.82, 2.24) is 10.3 Å². The van der Waals surface area contributed by atoms with Crippen LogP contribution in [-0.4, -0.2) is 41.8 Å². The Morgan fingerprint density at radius 3 is 2.56 bits per heavy atom. The van der Waals surface area contributed by atoms with Crippen molar-refractivity contribution < 1.29 is 32.2 Å². The number of halogens is 3. The zero-order valence-electron chi connectivity index (χ0n) is 13.6. The van der Waals surface area contributed by atoms with Crippen molar-refractivity contribution in [3.63, 3.8) is 0 Å². The average Bonchev–Trinajstić information content (AvgIpc) is 3.05. The lowest BCUT2D eigenvalue weighted by molar-refractivity contribution is -0.154. The van der Waals surface area contributed by atoms with E-state index < -0.39 is 24.9 Å². The van der Waals surface area contributed by atoms with E-state index in [1.807, 2.05) is 0 Å². The number of rotatable bonds is 6. The molecule has 9 heteroatoms. The zero-order chi connectivity index (χ0) is 18.4. The van der Waals surface area contributed by atoms with Gasteiger partial charge in [0.05, 0.1) is 5.56 Å². The maximum atomic E-state index is 12.0. The lowest BCUT2D eigenvalue weighted by Crippen LogP contribution is -2.40. The lowest BCUT2D eigenvalue weighted by Gasteiger charge is -2.17. The second kappa shape index (κ2) is 8.17. The van der Waals surface area contributed by atoms with Crippen molar-refractivity contribution in [2.45, 2.75) is 50.9 Å². The number of aromatic nitrogens is 1. The number of ether oxygens (including phenoxy) is 2. The van der Waals surface area contributed by atoms with E-state index in [1.165, 1.54) is 13.0 Å². The molecule has 1 aliphatic carbocycles. The van der Waals surface area contributed by atoms with E-state index in [0.717, 1.165) is 37.9 Å². The van der Waals surface area contributed by atoms with E-state index in [4.69, 9.17) is 4.74 Å². The number of esters is 1. The normalized spacial score (nSPS) is 16.3. The third kappa shape index (κ3) is 6.24. The van der Waals surface area contributed by atoms with E-state index in [0.29, 0.717) is 0 Å². The first-order valence-corrected chi connectivity index (χ1v) is 7.91. The quantitative estimate of drug-likeness (QED) is 0.789. The zero-order valence-corrected chi connectivity index (χ0v) is 13.6. The maximum Gasteiger partial charge on any atom is 0.422 e. The summed E-state index contributed by atoms with van der Waals surface area (Å²) in [6.45, 7) is -0.0153. The summed E-state index contributed by atoms with van der Waals surface area (Å²) < 4.78 is 45.6. The van der Waals surface area contributed by atoms with Gasteiger partial charge in [0.1, 0.15) is 0 Å². The van der Waals surface area contributed by atoms with Crippen LogP contribution in [0.15, 0.2) is 18.3 Å². The van der Waals surface area contributed by atoms with E-state index in [2.05, 4.69) is 15.0 Å². The highest BCUT2D eigenvalue weighted by Gasteiger charge is 2.28. The summed E-state index contributed by atoms with van der Waals surface area (Å²) >= 11 is 0. The lowest BCUT2D eigenvalue weighted by atomic mass is 10.2. The van der Waals surface area contributed by atoms with Gasteiger partial charge in [-0.2, -0.15) is 13.2 Å². The Bertz CT molecular complexity index is 598. The summed E-state index contributed by atoms with van der Waals surface area (Å²) in [6, 6.07) is 2.47. The van der Waals surface area contributed by atoms with Crippen molar-refractivity contribution in [2.75, 3.05) is 6.61 Å². The number of alkyl halides is 3. The van der Waals surface area contributed by atoms with Crippen LogP contribution in [0.5, 0.6) is 5.88 Å². The predicted octanol–water partition coefficient (Wildman–Crippen LogP) is 2.63. The molecular weight excluding hydrogens is 341 g/mol. The van der Waals surface area contributed by atoms with Gasteiger partial charge in [0, 0.05) is 18.3 Å². The van der Waals surface area contributed by atoms with Crippen molar-refractivity contribution in [3.05, 3.63) is 23.9 Å². The summed E-state index contributed by atoms with van der Waals surface area (Å²) in [5.74, 6) is -1.43. The molecule has 6 nitrogen and oxygen atoms in total. The Labute approximate surface area is 142 Å². The molecule has 0 bridgehead atoms. The van der Waals surface area contributed by atoms with Gasteiger partial charge in [-0.1, -0.05) is 12.8 Å². The van der Waals surface area contributed by atoms with Gasteiger partial charge in [-0.25, -0.2) is 9.78 Å². The summed E-state index contributed by atoms with van der Waals surface area (Å²) in [5, 5.41) is 2.82. The summed E-state index contributed by atoms with van der Waals surface area (Å²) in [7, 11) is 0. The predicted molar refractivity (Wildman–Crippen MR) is 81.1 cm³/mol. The molecular formula is C16H19F3N2O4. The molecule has 1 heterocycles. The Morgan fingerprint density at radius 1 is 1.32 bits per heavy atom. The highest BCUT2D eigenvalue weighted by Crippen LogP contribution is 2.19. The second-order valence-electron chi connectivity index (χ2n) is 5.83. The number of amides is 1. The molecule has 138 valence electrons. The molecule has 0 spiro atoms. The van der Waals surface area contributed by atoms with Crippen LogP contribution >= 0.6 is 0 Å². The molecule has 0 aromatic carbocycles. The molecule has 1 unspecified atom stereocenters. The van der Waals surface area contributed by atoms with E-state index in [1.54, 1.807) is 0 Å². The molecule has 1 atom stereocenters. The number of carbonyl (C=O) groups excluding carboxylic acids is 2. The highest BCUT2D eigenvalue weighted by atomic mass is 19.4. The van der Waals surface area contributed by atoms with Crippen molar-refractivity contribution in [1.29, 1.82) is 0 Å². The Balaban J connectivity index is 1.84. The fourth-order valence-corrected chi connectivity index (χ4v) is 2.41. The molecule has 1 aromatic heterocycles. The van der Waals surface area contributed by atoms with Gasteiger partial charge in [0.25, 0.3) is 5.91 Å². The van der Waals surface area contributed by atoms with Crippen molar-refractivity contribution in [2.24, 2.45) is 0 Å². The summed E-state index contributed by atoms with van der Waals surface area (Å²) in [4.78, 5) is 27.5. The first kappa shape index (κ1) is 19.0. The summed E-state index contributed by atoms with van der Waals surface area (Å²) in [6.07, 6.45) is -0.460. The van der Waals surface area contributed by atoms with Crippen LogP contribution in [0.4, 0.5) is 13.2 Å². The largest absolute Gasteiger partial charge is 0.468 e. The Hall–Kier alpha value is -2.32. The number of nitrogens with one attached hydrogen (secondary N) is 1. The molecule has 1 saturated carbocycles. The number of hydrogen-bond donors (Lipinski definition) is 1. The van der Waals surface area contributed by atoms with Gasteiger partial charge in [-0.05, 0) is 25.8 Å². The fourth-order valence-electron chi connectivity index (χ4n) is 2.41. The molecule has 1 fully saturated rings. The number of nitrogens with zero attached hydrogens (tertiary/aromatic N) is 1. The Morgan fingerprint density at radius 2 is 2.00 bits per heavy atom. The molecule has 1 N–H and O–H groups in total. The fraction of sp³-hybridized carbons (Fsp3) is 0.562. The van der Waals surface area contributed by atoms with Crippen LogP contribution in [0.2, 0.25) is 0 Å². The standard InChI is InChI=1S/C16H19F3N2O4/c1-10(14(22)21-12-4-2-3-5-12)25-15(23)11-6-7-13(20-8-11)24-9-16(17,18)19/h6-8,10,12H,2-5,9H2,1H3,(H,21,22). The number of pyridine rings is 1. The van der Waals surface area contributed by atoms with Crippen LogP contribution in [0.25, 0.3) is 0 Å². The van der Waals surface area contributed by atoms with Crippen LogP contribution in [-0.2, 0) is 9.53 Å². The molecule has 1 aliphatic rings. The van der Waals surface area contributed by atoms with Gasteiger partial charge < -0.3 is 14.8 Å². The van der Waals surface area contributed by atoms with Crippen molar-refractivity contribution in [3.8, 4) is 5.88 Å². The first-order chi connectivity index (χ1) is 11.7. The minimum absolute atomic E-state index is 0.0138. The topological polar surface area (TPSA) is 77.5 Å². The van der Waals surface area contributed by atoms with Crippen LogP contribution < -0.4 is 10.1 Å². The molecule has 1 amide bonds. The minimum Gasteiger partial charge on any atom is -0.468 e. The van der Waals surface area contributed by atoms with Gasteiger partial charge >= 0.3 is 12.1 Å². The first-order valence-electron chi connectivity index (χ1n) is 7.91. The molecule has 25 heavy (non-hydrogen) atoms.